The van der Waals surface area contributed by atoms with E-state index in [1.807, 2.05) is 0 Å². The minimum Gasteiger partial charge on any atom is -0.394 e. The molecule has 1 aliphatic rings. The van der Waals surface area contributed by atoms with E-state index in [2.05, 4.69) is 43.5 Å². The van der Waals surface area contributed by atoms with Crippen molar-refractivity contribution in [1.29, 1.82) is 0 Å². The Balaban J connectivity index is 2.26. The molecule has 75 heavy (non-hydrogen) atoms. The molecule has 1 aliphatic heterocycles. The molecule has 0 aromatic carbocycles. The second-order valence-corrected chi connectivity index (χ2v) is 22.8. The van der Waals surface area contributed by atoms with Crippen molar-refractivity contribution >= 4 is 5.91 Å². The Morgan fingerprint density at radius 1 is 0.453 bits per heavy atom. The first kappa shape index (κ1) is 71.6. The summed E-state index contributed by atoms with van der Waals surface area (Å²) in [7, 11) is 0. The molecule has 0 bridgehead atoms. The van der Waals surface area contributed by atoms with Gasteiger partial charge in [-0.2, -0.15) is 0 Å². The highest BCUT2D eigenvalue weighted by atomic mass is 16.7. The molecule has 1 fully saturated rings. The molecule has 1 saturated heterocycles. The molecule has 1 rings (SSSR count). The van der Waals surface area contributed by atoms with Crippen LogP contribution in [0, 0.1) is 0 Å². The zero-order valence-electron chi connectivity index (χ0n) is 48.8. The van der Waals surface area contributed by atoms with E-state index in [0.717, 1.165) is 57.8 Å². The SMILES string of the molecule is CCCCCCCCCCCC/C=C\CCCCCCCCC(O)C(=O)NC(COC1OC(CO)C(O)C(O)C1O)C(O)C(O)CCC/C=C/CCCCCCCCCCCCCCCCCCCCCCCCC. The third-order valence-electron chi connectivity index (χ3n) is 15.7. The molecule has 0 aliphatic carbocycles. The van der Waals surface area contributed by atoms with Crippen molar-refractivity contribution in [3.8, 4) is 0 Å². The van der Waals surface area contributed by atoms with Crippen molar-refractivity contribution in [2.45, 2.75) is 364 Å². The van der Waals surface area contributed by atoms with E-state index >= 15 is 0 Å². The van der Waals surface area contributed by atoms with Gasteiger partial charge in [0, 0.05) is 0 Å². The molecule has 11 nitrogen and oxygen atoms in total. The second kappa shape index (κ2) is 53.2. The highest BCUT2D eigenvalue weighted by Crippen LogP contribution is 2.24. The summed E-state index contributed by atoms with van der Waals surface area (Å²) in [5.74, 6) is -0.707. The maximum Gasteiger partial charge on any atom is 0.249 e. The fourth-order valence-electron chi connectivity index (χ4n) is 10.5. The number of amides is 1. The number of aliphatic hydroxyl groups is 7. The highest BCUT2D eigenvalue weighted by Gasteiger charge is 2.44. The number of carbonyl (C=O) groups is 1. The van der Waals surface area contributed by atoms with Crippen LogP contribution in [0.15, 0.2) is 24.3 Å². The average Bonchev–Trinajstić information content (AvgIpc) is 3.41. The van der Waals surface area contributed by atoms with Crippen LogP contribution >= 0.6 is 0 Å². The van der Waals surface area contributed by atoms with Crippen molar-refractivity contribution in [2.75, 3.05) is 13.2 Å². The van der Waals surface area contributed by atoms with Gasteiger partial charge in [0.05, 0.1) is 25.4 Å². The van der Waals surface area contributed by atoms with E-state index in [-0.39, 0.29) is 12.8 Å². The number of ether oxygens (including phenoxy) is 2. The number of allylic oxidation sites excluding steroid dienone is 4. The largest absolute Gasteiger partial charge is 0.394 e. The summed E-state index contributed by atoms with van der Waals surface area (Å²) < 4.78 is 11.2. The first-order valence-corrected chi connectivity index (χ1v) is 32.2. The lowest BCUT2D eigenvalue weighted by atomic mass is 9.98. The molecule has 11 heteroatoms. The smallest absolute Gasteiger partial charge is 0.249 e. The number of hydrogen-bond acceptors (Lipinski definition) is 10. The summed E-state index contributed by atoms with van der Waals surface area (Å²) in [6.07, 6.45) is 53.9. The summed E-state index contributed by atoms with van der Waals surface area (Å²) in [6, 6.07) is -1.19. The molecule has 0 aromatic rings. The van der Waals surface area contributed by atoms with E-state index in [4.69, 9.17) is 9.47 Å². The Bertz CT molecular complexity index is 1270. The van der Waals surface area contributed by atoms with Crippen LogP contribution in [0.4, 0.5) is 0 Å². The van der Waals surface area contributed by atoms with Crippen molar-refractivity contribution < 1.29 is 50.0 Å². The first-order valence-electron chi connectivity index (χ1n) is 32.2. The van der Waals surface area contributed by atoms with Gasteiger partial charge in [-0.25, -0.2) is 0 Å². The number of rotatable bonds is 56. The van der Waals surface area contributed by atoms with Crippen LogP contribution < -0.4 is 5.32 Å². The maximum atomic E-state index is 13.2. The molecule has 1 heterocycles. The second-order valence-electron chi connectivity index (χ2n) is 22.8. The zero-order valence-corrected chi connectivity index (χ0v) is 48.8. The third kappa shape index (κ3) is 41.3. The van der Waals surface area contributed by atoms with Crippen LogP contribution in [-0.4, -0.2) is 110 Å². The average molecular weight is 1070 g/mol. The standard InChI is InChI=1S/C64H123NO10/c1-3-5-7-9-11-13-15-17-19-21-23-25-26-27-28-29-30-31-32-34-35-37-39-41-43-45-47-49-51-56(67)59(69)55(54-74-64-62(72)61(71)60(70)58(53-66)75-64)65-63(73)57(68)52-50-48-46-44-42-40-38-36-33-24-22-20-18-16-14-12-10-8-6-4-2/h33,36,43,45,55-62,64,66-72H,3-32,34-35,37-42,44,46-54H2,1-2H3,(H,65,73)/b36-33-,45-43+. The van der Waals surface area contributed by atoms with Gasteiger partial charge >= 0.3 is 0 Å². The Hall–Kier alpha value is -1.41. The lowest BCUT2D eigenvalue weighted by Gasteiger charge is -2.40. The van der Waals surface area contributed by atoms with Crippen molar-refractivity contribution in [3.05, 3.63) is 24.3 Å². The molecule has 9 atom stereocenters. The van der Waals surface area contributed by atoms with E-state index in [1.165, 1.54) is 212 Å². The Labute approximate surface area is 461 Å². The van der Waals surface area contributed by atoms with Crippen molar-refractivity contribution in [3.63, 3.8) is 0 Å². The van der Waals surface area contributed by atoms with Gasteiger partial charge in [0.25, 0.3) is 0 Å². The Morgan fingerprint density at radius 2 is 0.787 bits per heavy atom. The third-order valence-corrected chi connectivity index (χ3v) is 15.7. The van der Waals surface area contributed by atoms with Gasteiger partial charge in [0.15, 0.2) is 6.29 Å². The molecule has 8 N–H and O–H groups in total. The first-order chi connectivity index (χ1) is 36.7. The van der Waals surface area contributed by atoms with Crippen LogP contribution in [0.5, 0.6) is 0 Å². The van der Waals surface area contributed by atoms with E-state index in [9.17, 15) is 40.5 Å². The molecule has 444 valence electrons. The molecular weight excluding hydrogens is 943 g/mol. The summed E-state index contributed by atoms with van der Waals surface area (Å²) >= 11 is 0. The highest BCUT2D eigenvalue weighted by molar-refractivity contribution is 5.80. The van der Waals surface area contributed by atoms with Crippen LogP contribution in [0.1, 0.15) is 309 Å². The number of carbonyl (C=O) groups excluding carboxylic acids is 1. The number of aliphatic hydroxyl groups excluding tert-OH is 7. The Morgan fingerprint density at radius 3 is 1.15 bits per heavy atom. The molecule has 1 amide bonds. The molecule has 0 aromatic heterocycles. The van der Waals surface area contributed by atoms with Gasteiger partial charge in [0.2, 0.25) is 5.91 Å². The molecule has 0 saturated carbocycles. The van der Waals surface area contributed by atoms with Gasteiger partial charge in [-0.3, -0.25) is 4.79 Å². The van der Waals surface area contributed by atoms with Gasteiger partial charge < -0.3 is 50.5 Å². The fraction of sp³-hybridized carbons (Fsp3) is 0.922. The topological polar surface area (TPSA) is 189 Å². The van der Waals surface area contributed by atoms with Gasteiger partial charge in [-0.1, -0.05) is 269 Å². The molecule has 0 spiro atoms. The fourth-order valence-corrected chi connectivity index (χ4v) is 10.5. The van der Waals surface area contributed by atoms with Crippen molar-refractivity contribution in [1.82, 2.24) is 5.32 Å². The number of nitrogens with one attached hydrogen (secondary N) is 1. The van der Waals surface area contributed by atoms with E-state index in [1.54, 1.807) is 0 Å². The number of unbranched alkanes of at least 4 members (excludes halogenated alkanes) is 40. The van der Waals surface area contributed by atoms with Crippen LogP contribution in [0.25, 0.3) is 0 Å². The summed E-state index contributed by atoms with van der Waals surface area (Å²) in [6.45, 7) is 3.48. The molecule has 0 radical (unpaired) electrons. The summed E-state index contributed by atoms with van der Waals surface area (Å²) in [5, 5.41) is 76.3. The summed E-state index contributed by atoms with van der Waals surface area (Å²) in [4.78, 5) is 13.2. The zero-order chi connectivity index (χ0) is 54.7. The van der Waals surface area contributed by atoms with Crippen LogP contribution in [0.2, 0.25) is 0 Å². The predicted octanol–water partition coefficient (Wildman–Crippen LogP) is 14.5. The Kier molecular flexibility index (Phi) is 50.8. The number of hydrogen-bond donors (Lipinski definition) is 8. The summed E-state index contributed by atoms with van der Waals surface area (Å²) in [5.41, 5.74) is 0. The van der Waals surface area contributed by atoms with Gasteiger partial charge in [-0.05, 0) is 64.2 Å². The molecular formula is C64H123NO10. The van der Waals surface area contributed by atoms with Gasteiger partial charge in [-0.15, -0.1) is 0 Å². The lowest BCUT2D eigenvalue weighted by Crippen LogP contribution is -2.60. The van der Waals surface area contributed by atoms with E-state index < -0.39 is 74.2 Å². The minimum atomic E-state index is -1.67. The van der Waals surface area contributed by atoms with Crippen LogP contribution in [-0.2, 0) is 14.3 Å². The minimum absolute atomic E-state index is 0.248. The molecule has 9 unspecified atom stereocenters. The van der Waals surface area contributed by atoms with Crippen molar-refractivity contribution in [2.24, 2.45) is 0 Å². The lowest BCUT2D eigenvalue weighted by molar-refractivity contribution is -0.303. The predicted molar refractivity (Wildman–Crippen MR) is 312 cm³/mol. The maximum absolute atomic E-state index is 13.2. The monoisotopic (exact) mass is 1070 g/mol. The van der Waals surface area contributed by atoms with E-state index in [0.29, 0.717) is 12.8 Å². The quantitative estimate of drug-likeness (QED) is 0.0215. The van der Waals surface area contributed by atoms with Crippen LogP contribution in [0.3, 0.4) is 0 Å². The van der Waals surface area contributed by atoms with Gasteiger partial charge in [0.1, 0.15) is 36.6 Å². The normalized spacial score (nSPS) is 19.8.